The van der Waals surface area contributed by atoms with Crippen LogP contribution in [0, 0.1) is 0 Å². The van der Waals surface area contributed by atoms with Crippen molar-refractivity contribution in [3.8, 4) is 0 Å². The summed E-state index contributed by atoms with van der Waals surface area (Å²) in [6.45, 7) is -0.0415. The number of thiophene rings is 1. The molecule has 1 N–H and O–H groups in total. The van der Waals surface area contributed by atoms with Crippen molar-refractivity contribution >= 4 is 39.1 Å². The maximum atomic E-state index is 12.5. The van der Waals surface area contributed by atoms with Gasteiger partial charge in [0.2, 0.25) is 0 Å². The number of carbonyl (C=O) groups excluding carboxylic acids is 1. The largest absolute Gasteiger partial charge is 0.457 e. The minimum atomic E-state index is -0.374. The van der Waals surface area contributed by atoms with Gasteiger partial charge in [0.05, 0.1) is 11.8 Å². The highest BCUT2D eigenvalue weighted by Crippen LogP contribution is 2.33. The van der Waals surface area contributed by atoms with E-state index in [0.717, 1.165) is 41.6 Å². The number of nitrogens with one attached hydrogen (secondary N) is 1. The van der Waals surface area contributed by atoms with E-state index in [0.29, 0.717) is 16.2 Å². The summed E-state index contributed by atoms with van der Waals surface area (Å²) in [5.74, 6) is 0.00564. The van der Waals surface area contributed by atoms with Gasteiger partial charge in [-0.15, -0.1) is 11.3 Å². The van der Waals surface area contributed by atoms with Gasteiger partial charge in [0.15, 0.2) is 0 Å². The van der Waals surface area contributed by atoms with Crippen LogP contribution in [0.4, 0.5) is 0 Å². The Morgan fingerprint density at radius 3 is 2.81 bits per heavy atom. The molecule has 1 aliphatic rings. The standard InChI is InChI=1S/C19H17ClN2O3S/c20-12-7-5-11(6-8-12)9-16(23)25-10-15-21-18(24)17-13-3-1-2-4-14(13)26-19(17)22-15/h5-8H,1-4,9-10H2,(H,21,22,24). The van der Waals surface area contributed by atoms with E-state index in [-0.39, 0.29) is 24.6 Å². The lowest BCUT2D eigenvalue weighted by Gasteiger charge is -2.09. The van der Waals surface area contributed by atoms with Crippen LogP contribution in [0.5, 0.6) is 0 Å². The zero-order valence-corrected chi connectivity index (χ0v) is 15.6. The Labute approximate surface area is 159 Å². The molecule has 0 aliphatic heterocycles. The minimum absolute atomic E-state index is 0.0415. The maximum Gasteiger partial charge on any atom is 0.310 e. The zero-order valence-electron chi connectivity index (χ0n) is 14.0. The number of ether oxygens (including phenoxy) is 1. The molecule has 3 aromatic rings. The van der Waals surface area contributed by atoms with Crippen LogP contribution in [0.3, 0.4) is 0 Å². The van der Waals surface area contributed by atoms with Crippen LogP contribution in [0.1, 0.15) is 34.7 Å². The second-order valence-electron chi connectivity index (χ2n) is 6.37. The third-order valence-electron chi connectivity index (χ3n) is 4.51. The lowest BCUT2D eigenvalue weighted by molar-refractivity contribution is -0.144. The summed E-state index contributed by atoms with van der Waals surface area (Å²) in [4.78, 5) is 33.7. The van der Waals surface area contributed by atoms with Gasteiger partial charge in [-0.2, -0.15) is 0 Å². The van der Waals surface area contributed by atoms with E-state index >= 15 is 0 Å². The molecular weight excluding hydrogens is 372 g/mol. The molecule has 4 rings (SSSR count). The molecule has 1 aromatic carbocycles. The molecule has 1 aliphatic carbocycles. The van der Waals surface area contributed by atoms with Gasteiger partial charge in [0, 0.05) is 9.90 Å². The quantitative estimate of drug-likeness (QED) is 0.690. The molecule has 0 amide bonds. The Kier molecular flexibility index (Phi) is 4.78. The number of fused-ring (bicyclic) bond motifs is 3. The number of hydrogen-bond acceptors (Lipinski definition) is 5. The van der Waals surface area contributed by atoms with Gasteiger partial charge in [-0.1, -0.05) is 23.7 Å². The lowest BCUT2D eigenvalue weighted by atomic mass is 9.97. The summed E-state index contributed by atoms with van der Waals surface area (Å²) in [5, 5.41) is 1.33. The number of benzene rings is 1. The van der Waals surface area contributed by atoms with E-state index in [9.17, 15) is 9.59 Å². The van der Waals surface area contributed by atoms with Crippen LogP contribution < -0.4 is 5.56 Å². The highest BCUT2D eigenvalue weighted by Gasteiger charge is 2.20. The first kappa shape index (κ1) is 17.2. The molecule has 0 saturated carbocycles. The highest BCUT2D eigenvalue weighted by molar-refractivity contribution is 7.18. The number of hydrogen-bond donors (Lipinski definition) is 1. The summed E-state index contributed by atoms with van der Waals surface area (Å²) in [7, 11) is 0. The van der Waals surface area contributed by atoms with Crippen molar-refractivity contribution in [3.63, 3.8) is 0 Å². The molecule has 0 bridgehead atoms. The summed E-state index contributed by atoms with van der Waals surface area (Å²) < 4.78 is 5.27. The summed E-state index contributed by atoms with van der Waals surface area (Å²) in [6, 6.07) is 7.03. The molecule has 26 heavy (non-hydrogen) atoms. The first-order valence-corrected chi connectivity index (χ1v) is 9.73. The Morgan fingerprint density at radius 1 is 1.23 bits per heavy atom. The lowest BCUT2D eigenvalue weighted by Crippen LogP contribution is -2.15. The minimum Gasteiger partial charge on any atom is -0.457 e. The molecule has 7 heteroatoms. The molecule has 0 radical (unpaired) electrons. The number of aryl methyl sites for hydroxylation is 2. The normalized spacial score (nSPS) is 13.6. The second kappa shape index (κ2) is 7.21. The number of nitrogens with zero attached hydrogens (tertiary/aromatic N) is 1. The van der Waals surface area contributed by atoms with Gasteiger partial charge >= 0.3 is 5.97 Å². The van der Waals surface area contributed by atoms with Gasteiger partial charge in [0.1, 0.15) is 17.3 Å². The number of halogens is 1. The van der Waals surface area contributed by atoms with Crippen LogP contribution in [0.25, 0.3) is 10.2 Å². The monoisotopic (exact) mass is 388 g/mol. The average molecular weight is 389 g/mol. The fraction of sp³-hybridized carbons (Fsp3) is 0.316. The van der Waals surface area contributed by atoms with E-state index < -0.39 is 0 Å². The van der Waals surface area contributed by atoms with Crippen molar-refractivity contribution in [2.45, 2.75) is 38.7 Å². The van der Waals surface area contributed by atoms with E-state index in [1.165, 1.54) is 4.88 Å². The number of esters is 1. The molecule has 0 spiro atoms. The molecule has 134 valence electrons. The topological polar surface area (TPSA) is 72.0 Å². The van der Waals surface area contributed by atoms with E-state index in [1.807, 2.05) is 0 Å². The predicted octanol–water partition coefficient (Wildman–Crippen LogP) is 3.80. The Balaban J connectivity index is 1.48. The summed E-state index contributed by atoms with van der Waals surface area (Å²) >= 11 is 7.41. The third-order valence-corrected chi connectivity index (χ3v) is 5.94. The van der Waals surface area contributed by atoms with Gasteiger partial charge in [-0.3, -0.25) is 9.59 Å². The smallest absolute Gasteiger partial charge is 0.310 e. The predicted molar refractivity (Wildman–Crippen MR) is 102 cm³/mol. The molecule has 0 atom stereocenters. The molecule has 2 heterocycles. The number of carbonyl (C=O) groups is 1. The van der Waals surface area contributed by atoms with E-state index in [1.54, 1.807) is 35.6 Å². The second-order valence-corrected chi connectivity index (χ2v) is 7.89. The van der Waals surface area contributed by atoms with Crippen molar-refractivity contribution in [2.24, 2.45) is 0 Å². The Bertz CT molecular complexity index is 1020. The van der Waals surface area contributed by atoms with Gasteiger partial charge < -0.3 is 9.72 Å². The van der Waals surface area contributed by atoms with Gasteiger partial charge in [-0.25, -0.2) is 4.98 Å². The number of H-pyrrole nitrogens is 1. The number of rotatable bonds is 4. The van der Waals surface area contributed by atoms with Crippen molar-refractivity contribution < 1.29 is 9.53 Å². The maximum absolute atomic E-state index is 12.5. The zero-order chi connectivity index (χ0) is 18.1. The summed E-state index contributed by atoms with van der Waals surface area (Å²) in [5.41, 5.74) is 1.83. The van der Waals surface area contributed by atoms with Crippen molar-refractivity contribution in [2.75, 3.05) is 0 Å². The van der Waals surface area contributed by atoms with Crippen LogP contribution in [-0.4, -0.2) is 15.9 Å². The van der Waals surface area contributed by atoms with Gasteiger partial charge in [0.25, 0.3) is 5.56 Å². The van der Waals surface area contributed by atoms with Crippen molar-refractivity contribution in [1.29, 1.82) is 0 Å². The fourth-order valence-corrected chi connectivity index (χ4v) is 4.65. The van der Waals surface area contributed by atoms with Crippen LogP contribution in [-0.2, 0) is 35.4 Å². The van der Waals surface area contributed by atoms with Crippen molar-refractivity contribution in [3.05, 3.63) is 61.5 Å². The molecule has 0 fully saturated rings. The fourth-order valence-electron chi connectivity index (χ4n) is 3.25. The molecular formula is C19H17ClN2O3S. The first-order valence-electron chi connectivity index (χ1n) is 8.53. The molecule has 0 unspecified atom stereocenters. The molecule has 5 nitrogen and oxygen atoms in total. The average Bonchev–Trinajstić information content (AvgIpc) is 3.01. The Hall–Kier alpha value is -2.18. The molecule has 2 aromatic heterocycles. The first-order chi connectivity index (χ1) is 12.6. The summed E-state index contributed by atoms with van der Waals surface area (Å²) in [6.07, 6.45) is 4.38. The van der Waals surface area contributed by atoms with Crippen LogP contribution >= 0.6 is 22.9 Å². The SMILES string of the molecule is O=C(Cc1ccc(Cl)cc1)OCc1nc2sc3c(c2c(=O)[nH]1)CCCC3. The van der Waals surface area contributed by atoms with Crippen LogP contribution in [0.2, 0.25) is 5.02 Å². The number of aromatic amines is 1. The van der Waals surface area contributed by atoms with Gasteiger partial charge in [-0.05, 0) is 48.9 Å². The van der Waals surface area contributed by atoms with E-state index in [2.05, 4.69) is 9.97 Å². The van der Waals surface area contributed by atoms with Crippen LogP contribution in [0.15, 0.2) is 29.1 Å². The van der Waals surface area contributed by atoms with E-state index in [4.69, 9.17) is 16.3 Å². The Morgan fingerprint density at radius 2 is 2.00 bits per heavy atom. The molecule has 0 saturated heterocycles. The number of aromatic nitrogens is 2. The third kappa shape index (κ3) is 3.52. The van der Waals surface area contributed by atoms with Crippen molar-refractivity contribution in [1.82, 2.24) is 9.97 Å². The highest BCUT2D eigenvalue weighted by atomic mass is 35.5.